The van der Waals surface area contributed by atoms with Crippen LogP contribution in [0.2, 0.25) is 0 Å². The molecule has 2 atom stereocenters. The van der Waals surface area contributed by atoms with E-state index in [1.807, 2.05) is 24.3 Å². The third-order valence-electron chi connectivity index (χ3n) is 5.39. The molecule has 0 amide bonds. The van der Waals surface area contributed by atoms with Crippen molar-refractivity contribution >= 4 is 29.9 Å². The van der Waals surface area contributed by atoms with Crippen molar-refractivity contribution in [3.8, 4) is 0 Å². The standard InChI is InChI=1S/C23H34N4O2.HI/c1-19(20-10-4-3-5-11-20)28-17-9-13-25-23(24-2)26-18-21(22-12-8-16-29-22)27-14-6-7-15-27;/h3-5,8,10-12,16,19,21H,6-7,9,13-15,17-18H2,1-2H3,(H2,24,25,26);1H. The number of rotatable bonds is 10. The molecule has 0 saturated carbocycles. The minimum atomic E-state index is 0. The van der Waals surface area contributed by atoms with Crippen LogP contribution in [0.5, 0.6) is 0 Å². The monoisotopic (exact) mass is 526 g/mol. The van der Waals surface area contributed by atoms with Crippen molar-refractivity contribution in [3.63, 3.8) is 0 Å². The van der Waals surface area contributed by atoms with Crippen LogP contribution in [-0.4, -0.2) is 50.7 Å². The molecule has 2 heterocycles. The fourth-order valence-corrected chi connectivity index (χ4v) is 3.72. The first-order chi connectivity index (χ1) is 14.3. The van der Waals surface area contributed by atoms with Crippen LogP contribution < -0.4 is 10.6 Å². The van der Waals surface area contributed by atoms with Gasteiger partial charge < -0.3 is 19.8 Å². The summed E-state index contributed by atoms with van der Waals surface area (Å²) in [5, 5.41) is 6.84. The normalized spacial score (nSPS) is 16.7. The van der Waals surface area contributed by atoms with Crippen LogP contribution in [0.3, 0.4) is 0 Å². The predicted octanol–water partition coefficient (Wildman–Crippen LogP) is 4.37. The number of guanidine groups is 1. The number of hydrogen-bond donors (Lipinski definition) is 2. The van der Waals surface area contributed by atoms with Crippen LogP contribution in [0, 0.1) is 0 Å². The fraction of sp³-hybridized carbons (Fsp3) is 0.522. The molecule has 2 unspecified atom stereocenters. The van der Waals surface area contributed by atoms with E-state index in [2.05, 4.69) is 45.6 Å². The third kappa shape index (κ3) is 7.59. The summed E-state index contributed by atoms with van der Waals surface area (Å²) in [7, 11) is 1.81. The highest BCUT2D eigenvalue weighted by molar-refractivity contribution is 14.0. The molecule has 7 heteroatoms. The topological polar surface area (TPSA) is 62.0 Å². The molecule has 2 N–H and O–H groups in total. The first kappa shape index (κ1) is 24.7. The molecule has 30 heavy (non-hydrogen) atoms. The lowest BCUT2D eigenvalue weighted by Crippen LogP contribution is -2.43. The van der Waals surface area contributed by atoms with Gasteiger partial charge in [-0.15, -0.1) is 24.0 Å². The lowest BCUT2D eigenvalue weighted by molar-refractivity contribution is 0.0646. The van der Waals surface area contributed by atoms with Gasteiger partial charge in [-0.1, -0.05) is 30.3 Å². The van der Waals surface area contributed by atoms with Gasteiger partial charge in [0.1, 0.15) is 5.76 Å². The largest absolute Gasteiger partial charge is 0.468 e. The summed E-state index contributed by atoms with van der Waals surface area (Å²) in [6.07, 6.45) is 5.30. The molecule has 166 valence electrons. The molecule has 2 aromatic rings. The summed E-state index contributed by atoms with van der Waals surface area (Å²) < 4.78 is 11.6. The Bertz CT molecular complexity index is 718. The summed E-state index contributed by atoms with van der Waals surface area (Å²) in [6, 6.07) is 14.6. The summed E-state index contributed by atoms with van der Waals surface area (Å²) in [5.41, 5.74) is 1.21. The Hall–Kier alpha value is -1.58. The molecule has 1 aliphatic heterocycles. The predicted molar refractivity (Wildman–Crippen MR) is 132 cm³/mol. The zero-order chi connectivity index (χ0) is 20.3. The minimum Gasteiger partial charge on any atom is -0.468 e. The summed E-state index contributed by atoms with van der Waals surface area (Å²) in [6.45, 7) is 6.64. The number of likely N-dealkylation sites (tertiary alicyclic amines) is 1. The number of furan rings is 1. The number of halogens is 1. The average Bonchev–Trinajstić information content (AvgIpc) is 3.47. The van der Waals surface area contributed by atoms with Gasteiger partial charge >= 0.3 is 0 Å². The molecule has 3 rings (SSSR count). The molecule has 0 aliphatic carbocycles. The highest BCUT2D eigenvalue weighted by atomic mass is 127. The molecule has 1 aliphatic rings. The van der Waals surface area contributed by atoms with E-state index in [1.165, 1.54) is 18.4 Å². The highest BCUT2D eigenvalue weighted by Gasteiger charge is 2.25. The van der Waals surface area contributed by atoms with Crippen molar-refractivity contribution in [1.82, 2.24) is 15.5 Å². The molecule has 1 aromatic carbocycles. The van der Waals surface area contributed by atoms with Gasteiger partial charge in [-0.2, -0.15) is 0 Å². The molecule has 1 saturated heterocycles. The highest BCUT2D eigenvalue weighted by Crippen LogP contribution is 2.24. The number of hydrogen-bond acceptors (Lipinski definition) is 4. The molecule has 0 bridgehead atoms. The van der Waals surface area contributed by atoms with E-state index in [0.717, 1.165) is 44.3 Å². The molecule has 1 fully saturated rings. The molecule has 0 spiro atoms. The van der Waals surface area contributed by atoms with E-state index in [0.29, 0.717) is 6.61 Å². The van der Waals surface area contributed by atoms with Gasteiger partial charge in [0.2, 0.25) is 0 Å². The van der Waals surface area contributed by atoms with Crippen LogP contribution in [0.4, 0.5) is 0 Å². The van der Waals surface area contributed by atoms with Crippen LogP contribution >= 0.6 is 24.0 Å². The molecular formula is C23H35IN4O2. The Morgan fingerprint density at radius 2 is 1.90 bits per heavy atom. The van der Waals surface area contributed by atoms with Gasteiger partial charge in [0.15, 0.2) is 5.96 Å². The fourth-order valence-electron chi connectivity index (χ4n) is 3.72. The van der Waals surface area contributed by atoms with E-state index in [4.69, 9.17) is 9.15 Å². The maximum Gasteiger partial charge on any atom is 0.191 e. The van der Waals surface area contributed by atoms with Crippen molar-refractivity contribution in [2.24, 2.45) is 4.99 Å². The molecule has 6 nitrogen and oxygen atoms in total. The second-order valence-corrected chi connectivity index (χ2v) is 7.43. The maximum atomic E-state index is 5.94. The van der Waals surface area contributed by atoms with E-state index < -0.39 is 0 Å². The quantitative estimate of drug-likeness (QED) is 0.209. The second kappa shape index (κ2) is 13.7. The lowest BCUT2D eigenvalue weighted by atomic mass is 10.1. The van der Waals surface area contributed by atoms with Gasteiger partial charge in [0.05, 0.1) is 18.4 Å². The first-order valence-corrected chi connectivity index (χ1v) is 10.7. The molecule has 1 aromatic heterocycles. The zero-order valence-corrected chi connectivity index (χ0v) is 20.4. The number of aliphatic imine (C=N–C) groups is 1. The van der Waals surface area contributed by atoms with Crippen LogP contribution in [0.1, 0.15) is 49.7 Å². The van der Waals surface area contributed by atoms with Gasteiger partial charge in [-0.25, -0.2) is 0 Å². The van der Waals surface area contributed by atoms with Gasteiger partial charge in [-0.3, -0.25) is 9.89 Å². The Morgan fingerprint density at radius 1 is 1.13 bits per heavy atom. The van der Waals surface area contributed by atoms with E-state index >= 15 is 0 Å². The first-order valence-electron chi connectivity index (χ1n) is 10.7. The Kier molecular flexibility index (Phi) is 11.2. The van der Waals surface area contributed by atoms with E-state index in [9.17, 15) is 0 Å². The Morgan fingerprint density at radius 3 is 2.57 bits per heavy atom. The van der Waals surface area contributed by atoms with Crippen molar-refractivity contribution in [3.05, 3.63) is 60.1 Å². The van der Waals surface area contributed by atoms with Crippen LogP contribution in [0.25, 0.3) is 0 Å². The molecule has 0 radical (unpaired) electrons. The smallest absolute Gasteiger partial charge is 0.191 e. The van der Waals surface area contributed by atoms with Gasteiger partial charge in [-0.05, 0) is 57.0 Å². The molecular weight excluding hydrogens is 491 g/mol. The number of ether oxygens (including phenoxy) is 1. The third-order valence-corrected chi connectivity index (χ3v) is 5.39. The van der Waals surface area contributed by atoms with E-state index in [-0.39, 0.29) is 36.1 Å². The van der Waals surface area contributed by atoms with Crippen LogP contribution in [-0.2, 0) is 4.74 Å². The lowest BCUT2D eigenvalue weighted by Gasteiger charge is -2.26. The Labute approximate surface area is 197 Å². The van der Waals surface area contributed by atoms with Crippen LogP contribution in [0.15, 0.2) is 58.1 Å². The SMILES string of the molecule is CN=C(NCCCOC(C)c1ccccc1)NCC(c1ccco1)N1CCCC1.I. The van der Waals surface area contributed by atoms with Crippen molar-refractivity contribution in [2.75, 3.05) is 39.8 Å². The number of nitrogens with zero attached hydrogens (tertiary/aromatic N) is 2. The van der Waals surface area contributed by atoms with Crippen molar-refractivity contribution in [2.45, 2.75) is 38.3 Å². The number of nitrogens with one attached hydrogen (secondary N) is 2. The Balaban J connectivity index is 0.00000320. The van der Waals surface area contributed by atoms with Gasteiger partial charge in [0, 0.05) is 26.7 Å². The summed E-state index contributed by atoms with van der Waals surface area (Å²) in [5.74, 6) is 1.83. The summed E-state index contributed by atoms with van der Waals surface area (Å²) in [4.78, 5) is 6.84. The second-order valence-electron chi connectivity index (χ2n) is 7.43. The number of benzene rings is 1. The zero-order valence-electron chi connectivity index (χ0n) is 18.0. The average molecular weight is 526 g/mol. The van der Waals surface area contributed by atoms with Gasteiger partial charge in [0.25, 0.3) is 0 Å². The summed E-state index contributed by atoms with van der Waals surface area (Å²) >= 11 is 0. The van der Waals surface area contributed by atoms with Crippen molar-refractivity contribution < 1.29 is 9.15 Å². The van der Waals surface area contributed by atoms with Crippen molar-refractivity contribution in [1.29, 1.82) is 0 Å². The minimum absolute atomic E-state index is 0. The maximum absolute atomic E-state index is 5.94. The van der Waals surface area contributed by atoms with E-state index in [1.54, 1.807) is 13.3 Å².